The Morgan fingerprint density at radius 1 is 1.05 bits per heavy atom. The van der Waals surface area contributed by atoms with Gasteiger partial charge in [0.2, 0.25) is 0 Å². The van der Waals surface area contributed by atoms with Gasteiger partial charge in [-0.05, 0) is 49.1 Å². The van der Waals surface area contributed by atoms with Crippen molar-refractivity contribution >= 4 is 39.1 Å². The highest BCUT2D eigenvalue weighted by atomic mass is 79.9. The minimum absolute atomic E-state index is 0.192. The molecule has 0 aliphatic heterocycles. The first-order valence-corrected chi connectivity index (χ1v) is 7.79. The number of hydrogen-bond donors (Lipinski definition) is 0. The lowest BCUT2D eigenvalue weighted by Gasteiger charge is -2.14. The van der Waals surface area contributed by atoms with Crippen LogP contribution in [0.25, 0.3) is 0 Å². The molecule has 0 saturated carbocycles. The smallest absolute Gasteiger partial charge is 0.0464 e. The number of halogens is 3. The van der Waals surface area contributed by atoms with E-state index in [1.807, 2.05) is 12.1 Å². The van der Waals surface area contributed by atoms with E-state index in [2.05, 4.69) is 48.0 Å². The fourth-order valence-corrected chi connectivity index (χ4v) is 3.50. The van der Waals surface area contributed by atoms with Crippen LogP contribution in [0.3, 0.4) is 0 Å². The zero-order valence-electron chi connectivity index (χ0n) is 10.9. The zero-order chi connectivity index (χ0) is 14.0. The Kier molecular flexibility index (Phi) is 4.94. The third-order valence-corrected chi connectivity index (χ3v) is 4.58. The molecule has 2 aromatic rings. The van der Waals surface area contributed by atoms with Gasteiger partial charge in [0.15, 0.2) is 0 Å². The van der Waals surface area contributed by atoms with Crippen LogP contribution in [0, 0.1) is 13.8 Å². The zero-order valence-corrected chi connectivity index (χ0v) is 14.0. The third kappa shape index (κ3) is 3.75. The summed E-state index contributed by atoms with van der Waals surface area (Å²) >= 11 is 15.9. The summed E-state index contributed by atoms with van der Waals surface area (Å²) in [7, 11) is 0. The Hall–Kier alpha value is -0.500. The second kappa shape index (κ2) is 6.30. The van der Waals surface area contributed by atoms with Crippen molar-refractivity contribution < 1.29 is 0 Å². The molecule has 0 spiro atoms. The first-order chi connectivity index (χ1) is 8.97. The van der Waals surface area contributed by atoms with Crippen LogP contribution in [-0.2, 0) is 6.42 Å². The Balaban J connectivity index is 2.25. The molecule has 0 amide bonds. The molecule has 0 aliphatic carbocycles. The highest BCUT2D eigenvalue weighted by molar-refractivity contribution is 9.09. The van der Waals surface area contributed by atoms with Crippen molar-refractivity contribution in [3.8, 4) is 0 Å². The van der Waals surface area contributed by atoms with Crippen LogP contribution in [0.1, 0.15) is 27.1 Å². The fourth-order valence-electron chi connectivity index (χ4n) is 2.08. The maximum absolute atomic E-state index is 6.25. The van der Waals surface area contributed by atoms with E-state index in [0.717, 1.165) is 12.0 Å². The molecular formula is C16H15BrCl2. The van der Waals surface area contributed by atoms with Gasteiger partial charge in [-0.15, -0.1) is 0 Å². The molecule has 0 radical (unpaired) electrons. The summed E-state index contributed by atoms with van der Waals surface area (Å²) in [5.74, 6) is 0. The molecule has 1 atom stereocenters. The summed E-state index contributed by atoms with van der Waals surface area (Å²) in [5, 5.41) is 1.37. The first-order valence-electron chi connectivity index (χ1n) is 6.12. The van der Waals surface area contributed by atoms with Gasteiger partial charge in [0.1, 0.15) is 0 Å². The molecule has 2 rings (SSSR count). The summed E-state index contributed by atoms with van der Waals surface area (Å²) in [4.78, 5) is 0.192. The largest absolute Gasteiger partial charge is 0.0843 e. The topological polar surface area (TPSA) is 0 Å². The Morgan fingerprint density at radius 3 is 2.47 bits per heavy atom. The molecule has 0 fully saturated rings. The Bertz CT molecular complexity index is 593. The summed E-state index contributed by atoms with van der Waals surface area (Å²) in [5.41, 5.74) is 5.00. The molecule has 0 aromatic heterocycles. The molecule has 100 valence electrons. The SMILES string of the molecule is Cc1ccc(C)c(CC(Br)c2ccc(Cl)cc2Cl)c1. The Morgan fingerprint density at radius 2 is 1.79 bits per heavy atom. The van der Waals surface area contributed by atoms with E-state index in [0.29, 0.717) is 10.0 Å². The van der Waals surface area contributed by atoms with Crippen molar-refractivity contribution in [2.45, 2.75) is 25.1 Å². The van der Waals surface area contributed by atoms with Crippen LogP contribution in [-0.4, -0.2) is 0 Å². The van der Waals surface area contributed by atoms with Gasteiger partial charge in [0, 0.05) is 14.9 Å². The lowest BCUT2D eigenvalue weighted by molar-refractivity contribution is 0.936. The average Bonchev–Trinajstić information content (AvgIpc) is 2.33. The molecule has 1 unspecified atom stereocenters. The van der Waals surface area contributed by atoms with E-state index in [4.69, 9.17) is 23.2 Å². The predicted octanol–water partition coefficient (Wildman–Crippen LogP) is 6.29. The summed E-state index contributed by atoms with van der Waals surface area (Å²) in [6.07, 6.45) is 0.912. The van der Waals surface area contributed by atoms with Gasteiger partial charge < -0.3 is 0 Å². The molecule has 0 bridgehead atoms. The highest BCUT2D eigenvalue weighted by Gasteiger charge is 2.13. The van der Waals surface area contributed by atoms with Crippen LogP contribution in [0.4, 0.5) is 0 Å². The molecule has 2 aromatic carbocycles. The van der Waals surface area contributed by atoms with Crippen molar-refractivity contribution in [2.75, 3.05) is 0 Å². The van der Waals surface area contributed by atoms with Gasteiger partial charge in [-0.3, -0.25) is 0 Å². The van der Waals surface area contributed by atoms with Gasteiger partial charge in [-0.1, -0.05) is 69.0 Å². The quantitative estimate of drug-likeness (QED) is 0.566. The summed E-state index contributed by atoms with van der Waals surface area (Å²) in [6.45, 7) is 4.25. The minimum atomic E-state index is 0.192. The normalized spacial score (nSPS) is 12.5. The maximum Gasteiger partial charge on any atom is 0.0464 e. The van der Waals surface area contributed by atoms with E-state index in [1.54, 1.807) is 6.07 Å². The fraction of sp³-hybridized carbons (Fsp3) is 0.250. The van der Waals surface area contributed by atoms with Gasteiger partial charge >= 0.3 is 0 Å². The monoisotopic (exact) mass is 356 g/mol. The Labute approximate surface area is 132 Å². The van der Waals surface area contributed by atoms with E-state index < -0.39 is 0 Å². The van der Waals surface area contributed by atoms with Gasteiger partial charge in [-0.25, -0.2) is 0 Å². The number of benzene rings is 2. The van der Waals surface area contributed by atoms with Crippen molar-refractivity contribution in [2.24, 2.45) is 0 Å². The molecule has 0 aliphatic rings. The number of aryl methyl sites for hydroxylation is 2. The maximum atomic E-state index is 6.25. The lowest BCUT2D eigenvalue weighted by Crippen LogP contribution is -1.99. The number of rotatable bonds is 3. The molecular weight excluding hydrogens is 343 g/mol. The summed E-state index contributed by atoms with van der Waals surface area (Å²) in [6, 6.07) is 12.2. The van der Waals surface area contributed by atoms with Crippen LogP contribution in [0.5, 0.6) is 0 Å². The van der Waals surface area contributed by atoms with E-state index in [-0.39, 0.29) is 4.83 Å². The van der Waals surface area contributed by atoms with Crippen LogP contribution < -0.4 is 0 Å². The molecule has 0 heterocycles. The van der Waals surface area contributed by atoms with E-state index in [1.165, 1.54) is 16.7 Å². The predicted molar refractivity (Wildman–Crippen MR) is 87.8 cm³/mol. The molecule has 0 nitrogen and oxygen atoms in total. The van der Waals surface area contributed by atoms with Crippen molar-refractivity contribution in [1.29, 1.82) is 0 Å². The van der Waals surface area contributed by atoms with Gasteiger partial charge in [-0.2, -0.15) is 0 Å². The van der Waals surface area contributed by atoms with Gasteiger partial charge in [0.25, 0.3) is 0 Å². The molecule has 19 heavy (non-hydrogen) atoms. The molecule has 3 heteroatoms. The molecule has 0 N–H and O–H groups in total. The molecule has 0 saturated heterocycles. The van der Waals surface area contributed by atoms with Crippen molar-refractivity contribution in [1.82, 2.24) is 0 Å². The lowest BCUT2D eigenvalue weighted by atomic mass is 9.98. The van der Waals surface area contributed by atoms with Crippen LogP contribution >= 0.6 is 39.1 Å². The van der Waals surface area contributed by atoms with Gasteiger partial charge in [0.05, 0.1) is 0 Å². The standard InChI is InChI=1S/C16H15BrCl2/c1-10-3-4-11(2)12(7-10)8-15(17)14-6-5-13(18)9-16(14)19/h3-7,9,15H,8H2,1-2H3. The number of hydrogen-bond acceptors (Lipinski definition) is 0. The van der Waals surface area contributed by atoms with Crippen LogP contribution in [0.2, 0.25) is 10.0 Å². The minimum Gasteiger partial charge on any atom is -0.0843 e. The van der Waals surface area contributed by atoms with E-state index >= 15 is 0 Å². The van der Waals surface area contributed by atoms with Crippen molar-refractivity contribution in [3.05, 3.63) is 68.7 Å². The van der Waals surface area contributed by atoms with Crippen LogP contribution in [0.15, 0.2) is 36.4 Å². The summed E-state index contributed by atoms with van der Waals surface area (Å²) < 4.78 is 0. The second-order valence-electron chi connectivity index (χ2n) is 4.77. The average molecular weight is 358 g/mol. The first kappa shape index (κ1) is 14.9. The second-order valence-corrected chi connectivity index (χ2v) is 6.72. The number of alkyl halides is 1. The van der Waals surface area contributed by atoms with Crippen molar-refractivity contribution in [3.63, 3.8) is 0 Å². The third-order valence-electron chi connectivity index (χ3n) is 3.20. The highest BCUT2D eigenvalue weighted by Crippen LogP contribution is 2.34. The van der Waals surface area contributed by atoms with E-state index in [9.17, 15) is 0 Å².